The zero-order chi connectivity index (χ0) is 15.6. The maximum atomic E-state index is 12.4. The molecule has 1 atom stereocenters. The van der Waals surface area contributed by atoms with Crippen LogP contribution in [0.2, 0.25) is 0 Å². The summed E-state index contributed by atoms with van der Waals surface area (Å²) in [6, 6.07) is 5.21. The number of rotatable bonds is 4. The van der Waals surface area contributed by atoms with Crippen molar-refractivity contribution in [2.75, 3.05) is 16.5 Å². The molecular weight excluding hydrogens is 310 g/mol. The molecule has 1 amide bonds. The van der Waals surface area contributed by atoms with Crippen LogP contribution < -0.4 is 4.90 Å². The molecule has 4 nitrogen and oxygen atoms in total. The van der Waals surface area contributed by atoms with Gasteiger partial charge in [0.05, 0.1) is 11.8 Å². The minimum Gasteiger partial charge on any atom is -0.304 e. The first kappa shape index (κ1) is 16.0. The van der Waals surface area contributed by atoms with Crippen LogP contribution >= 0.6 is 11.6 Å². The number of halogens is 1. The third-order valence-corrected chi connectivity index (χ3v) is 5.16. The van der Waals surface area contributed by atoms with Crippen LogP contribution in [0.4, 0.5) is 5.69 Å². The smallest absolute Gasteiger partial charge is 0.228 e. The van der Waals surface area contributed by atoms with E-state index >= 15 is 0 Å². The van der Waals surface area contributed by atoms with Crippen LogP contribution in [0.1, 0.15) is 17.5 Å². The van der Waals surface area contributed by atoms with Gasteiger partial charge in [0.25, 0.3) is 0 Å². The molecule has 1 aliphatic rings. The second-order valence-corrected chi connectivity index (χ2v) is 7.51. The summed E-state index contributed by atoms with van der Waals surface area (Å²) in [6.07, 6.45) is 1.75. The third-order valence-electron chi connectivity index (χ3n) is 3.59. The number of hydrogen-bond acceptors (Lipinski definition) is 3. The standard InChI is InChI=1S/C15H18ClNO3S/c1-11-3-4-13(9-12(11)2)17(15(18)5-7-16)14-6-8-21(19,20)10-14/h3-4,6,8-9,14H,5,7,10H2,1-2H3/t14-/m0/s1. The Morgan fingerprint density at radius 3 is 2.57 bits per heavy atom. The van der Waals surface area contributed by atoms with Gasteiger partial charge in [0, 0.05) is 23.4 Å². The monoisotopic (exact) mass is 327 g/mol. The van der Waals surface area contributed by atoms with Crippen molar-refractivity contribution in [2.45, 2.75) is 26.3 Å². The molecule has 0 radical (unpaired) electrons. The minimum absolute atomic E-state index is 0.0754. The SMILES string of the molecule is Cc1ccc(N(C(=O)CCCl)[C@H]2C=CS(=O)(=O)C2)cc1C. The summed E-state index contributed by atoms with van der Waals surface area (Å²) in [5.74, 6) is -0.0304. The maximum Gasteiger partial charge on any atom is 0.228 e. The van der Waals surface area contributed by atoms with Crippen molar-refractivity contribution in [3.8, 4) is 0 Å². The first-order valence-corrected chi connectivity index (χ1v) is 8.95. The van der Waals surface area contributed by atoms with Gasteiger partial charge < -0.3 is 4.90 Å². The highest BCUT2D eigenvalue weighted by Gasteiger charge is 2.31. The topological polar surface area (TPSA) is 54.5 Å². The van der Waals surface area contributed by atoms with Crippen LogP contribution in [-0.4, -0.2) is 32.0 Å². The first-order valence-electron chi connectivity index (χ1n) is 6.70. The second kappa shape index (κ2) is 6.20. The van der Waals surface area contributed by atoms with E-state index in [1.54, 1.807) is 6.08 Å². The average Bonchev–Trinajstić information content (AvgIpc) is 2.74. The lowest BCUT2D eigenvalue weighted by atomic mass is 10.1. The highest BCUT2D eigenvalue weighted by molar-refractivity contribution is 7.94. The van der Waals surface area contributed by atoms with Gasteiger partial charge in [-0.1, -0.05) is 6.07 Å². The highest BCUT2D eigenvalue weighted by Crippen LogP contribution is 2.25. The molecule has 0 unspecified atom stereocenters. The quantitative estimate of drug-likeness (QED) is 0.799. The lowest BCUT2D eigenvalue weighted by Crippen LogP contribution is -2.41. The Hall–Kier alpha value is -1.33. The summed E-state index contributed by atoms with van der Waals surface area (Å²) in [5.41, 5.74) is 2.89. The van der Waals surface area contributed by atoms with Crippen molar-refractivity contribution in [3.05, 3.63) is 40.8 Å². The molecule has 0 aliphatic carbocycles. The summed E-state index contributed by atoms with van der Waals surface area (Å²) in [6.45, 7) is 3.95. The molecule has 21 heavy (non-hydrogen) atoms. The van der Waals surface area contributed by atoms with Crippen LogP contribution in [-0.2, 0) is 14.6 Å². The fourth-order valence-corrected chi connectivity index (χ4v) is 3.75. The molecule has 0 fully saturated rings. The molecule has 0 N–H and O–H groups in total. The Bertz CT molecular complexity index is 682. The van der Waals surface area contributed by atoms with Gasteiger partial charge in [-0.25, -0.2) is 8.42 Å². The number of nitrogens with zero attached hydrogens (tertiary/aromatic N) is 1. The zero-order valence-electron chi connectivity index (χ0n) is 12.0. The lowest BCUT2D eigenvalue weighted by molar-refractivity contribution is -0.118. The van der Waals surface area contributed by atoms with Crippen molar-refractivity contribution < 1.29 is 13.2 Å². The Kier molecular flexibility index (Phi) is 4.74. The van der Waals surface area contributed by atoms with E-state index in [0.717, 1.165) is 11.1 Å². The molecule has 1 aromatic carbocycles. The number of anilines is 1. The van der Waals surface area contributed by atoms with Gasteiger partial charge in [0.15, 0.2) is 9.84 Å². The van der Waals surface area contributed by atoms with Gasteiger partial charge >= 0.3 is 0 Å². The molecule has 0 bridgehead atoms. The number of carbonyl (C=O) groups is 1. The van der Waals surface area contributed by atoms with E-state index < -0.39 is 15.9 Å². The normalized spacial score (nSPS) is 19.7. The summed E-state index contributed by atoms with van der Waals surface area (Å²) in [4.78, 5) is 13.9. The first-order chi connectivity index (χ1) is 9.84. The van der Waals surface area contributed by atoms with Gasteiger partial charge in [-0.2, -0.15) is 0 Å². The van der Waals surface area contributed by atoms with Crippen LogP contribution in [0.15, 0.2) is 29.7 Å². The van der Waals surface area contributed by atoms with Gasteiger partial charge in [0.2, 0.25) is 5.91 Å². The highest BCUT2D eigenvalue weighted by atomic mass is 35.5. The van der Waals surface area contributed by atoms with Crippen molar-refractivity contribution in [3.63, 3.8) is 0 Å². The Balaban J connectivity index is 2.39. The molecule has 0 saturated heterocycles. The van der Waals surface area contributed by atoms with E-state index in [2.05, 4.69) is 0 Å². The molecule has 0 spiro atoms. The Morgan fingerprint density at radius 2 is 2.05 bits per heavy atom. The number of hydrogen-bond donors (Lipinski definition) is 0. The largest absolute Gasteiger partial charge is 0.304 e. The van der Waals surface area contributed by atoms with E-state index in [1.165, 1.54) is 10.3 Å². The predicted molar refractivity (Wildman–Crippen MR) is 85.5 cm³/mol. The predicted octanol–water partition coefficient (Wildman–Crippen LogP) is 2.58. The van der Waals surface area contributed by atoms with Crippen LogP contribution in [0.3, 0.4) is 0 Å². The number of aryl methyl sites for hydroxylation is 2. The van der Waals surface area contributed by atoms with Crippen molar-refractivity contribution in [1.29, 1.82) is 0 Å². The average molecular weight is 328 g/mol. The van der Waals surface area contributed by atoms with Crippen molar-refractivity contribution in [2.24, 2.45) is 0 Å². The van der Waals surface area contributed by atoms with Crippen LogP contribution in [0.5, 0.6) is 0 Å². The molecule has 0 aromatic heterocycles. The summed E-state index contributed by atoms with van der Waals surface area (Å²) < 4.78 is 23.3. The number of carbonyl (C=O) groups excluding carboxylic acids is 1. The second-order valence-electron chi connectivity index (χ2n) is 5.20. The Labute approximate surface area is 130 Å². The lowest BCUT2D eigenvalue weighted by Gasteiger charge is -2.28. The van der Waals surface area contributed by atoms with Crippen LogP contribution in [0.25, 0.3) is 0 Å². The van der Waals surface area contributed by atoms with Crippen LogP contribution in [0, 0.1) is 13.8 Å². The van der Waals surface area contributed by atoms with Crippen molar-refractivity contribution in [1.82, 2.24) is 0 Å². The third kappa shape index (κ3) is 3.66. The molecule has 1 aromatic rings. The summed E-state index contributed by atoms with van der Waals surface area (Å²) in [7, 11) is -3.22. The van der Waals surface area contributed by atoms with E-state index in [1.807, 2.05) is 32.0 Å². The summed E-state index contributed by atoms with van der Waals surface area (Å²) in [5, 5.41) is 1.18. The molecule has 1 aliphatic heterocycles. The molecule has 2 rings (SSSR count). The van der Waals surface area contributed by atoms with E-state index in [-0.39, 0.29) is 24.0 Å². The molecule has 1 heterocycles. The van der Waals surface area contributed by atoms with Gasteiger partial charge in [-0.05, 0) is 43.2 Å². The Morgan fingerprint density at radius 1 is 1.33 bits per heavy atom. The number of sulfone groups is 1. The molecule has 0 saturated carbocycles. The molecule has 114 valence electrons. The molecular formula is C15H18ClNO3S. The van der Waals surface area contributed by atoms with E-state index in [0.29, 0.717) is 5.69 Å². The van der Waals surface area contributed by atoms with Gasteiger partial charge in [-0.15, -0.1) is 11.6 Å². The fraction of sp³-hybridized carbons (Fsp3) is 0.400. The summed E-state index contributed by atoms with van der Waals surface area (Å²) >= 11 is 5.66. The number of benzene rings is 1. The number of alkyl halides is 1. The fourth-order valence-electron chi connectivity index (χ4n) is 2.32. The van der Waals surface area contributed by atoms with Gasteiger partial charge in [-0.3, -0.25) is 4.79 Å². The van der Waals surface area contributed by atoms with Crippen molar-refractivity contribution >= 4 is 33.0 Å². The van der Waals surface area contributed by atoms with E-state index in [9.17, 15) is 13.2 Å². The minimum atomic E-state index is -3.22. The number of amides is 1. The molecule has 6 heteroatoms. The zero-order valence-corrected chi connectivity index (χ0v) is 13.6. The maximum absolute atomic E-state index is 12.4. The van der Waals surface area contributed by atoms with E-state index in [4.69, 9.17) is 11.6 Å². The van der Waals surface area contributed by atoms with Gasteiger partial charge in [0.1, 0.15) is 0 Å².